The molecule has 4 rings (SSSR count). The van der Waals surface area contributed by atoms with Gasteiger partial charge in [-0.25, -0.2) is 9.50 Å². The Morgan fingerprint density at radius 1 is 1.00 bits per heavy atom. The van der Waals surface area contributed by atoms with Crippen molar-refractivity contribution >= 4 is 11.6 Å². The predicted molar refractivity (Wildman–Crippen MR) is 99.1 cm³/mol. The minimum Gasteiger partial charge on any atom is -0.406 e. The molecule has 0 atom stereocenters. The first-order valence-corrected chi connectivity index (χ1v) is 8.41. The van der Waals surface area contributed by atoms with E-state index in [4.69, 9.17) is 5.73 Å². The fraction of sp³-hybridized carbons (Fsp3) is 0.0500. The lowest BCUT2D eigenvalue weighted by molar-refractivity contribution is -0.274. The highest BCUT2D eigenvalue weighted by molar-refractivity contribution is 5.93. The average Bonchev–Trinajstić information content (AvgIpc) is 3.10. The Balaban J connectivity index is 1.74. The summed E-state index contributed by atoms with van der Waals surface area (Å²) in [5.74, 6) is -0.860. The van der Waals surface area contributed by atoms with E-state index in [2.05, 4.69) is 14.8 Å². The third kappa shape index (κ3) is 3.88. The number of fused-ring (bicyclic) bond motifs is 1. The first-order chi connectivity index (χ1) is 13.8. The monoisotopic (exact) mass is 398 g/mol. The second kappa shape index (κ2) is 6.93. The van der Waals surface area contributed by atoms with E-state index in [1.165, 1.54) is 28.9 Å². The molecule has 2 heterocycles. The number of halogens is 3. The van der Waals surface area contributed by atoms with Gasteiger partial charge in [0.1, 0.15) is 5.75 Å². The van der Waals surface area contributed by atoms with Crippen molar-refractivity contribution < 1.29 is 22.7 Å². The first-order valence-electron chi connectivity index (χ1n) is 8.41. The SMILES string of the molecule is NC(=O)c1ccc(-c2ccc3ncc(-c4cccc(OC(F)(F)F)c4)n3n2)cc1. The smallest absolute Gasteiger partial charge is 0.406 e. The molecule has 0 fully saturated rings. The molecule has 9 heteroatoms. The molecule has 0 spiro atoms. The zero-order valence-electron chi connectivity index (χ0n) is 14.7. The van der Waals surface area contributed by atoms with Gasteiger partial charge in [-0.1, -0.05) is 24.3 Å². The summed E-state index contributed by atoms with van der Waals surface area (Å²) in [6.07, 6.45) is -3.25. The fourth-order valence-corrected chi connectivity index (χ4v) is 2.88. The number of nitrogens with two attached hydrogens (primary N) is 1. The first kappa shape index (κ1) is 18.5. The fourth-order valence-electron chi connectivity index (χ4n) is 2.88. The molecule has 0 unspecified atom stereocenters. The molecule has 2 aromatic heterocycles. The van der Waals surface area contributed by atoms with E-state index in [1.54, 1.807) is 42.5 Å². The lowest BCUT2D eigenvalue weighted by Crippen LogP contribution is -2.17. The number of benzene rings is 2. The molecule has 146 valence electrons. The zero-order valence-corrected chi connectivity index (χ0v) is 14.7. The van der Waals surface area contributed by atoms with Gasteiger partial charge in [0.15, 0.2) is 5.65 Å². The van der Waals surface area contributed by atoms with Gasteiger partial charge in [0, 0.05) is 16.7 Å². The number of aromatic nitrogens is 3. The summed E-state index contributed by atoms with van der Waals surface area (Å²) < 4.78 is 43.0. The maximum atomic E-state index is 12.5. The Labute approximate surface area is 162 Å². The van der Waals surface area contributed by atoms with Crippen molar-refractivity contribution in [2.45, 2.75) is 6.36 Å². The van der Waals surface area contributed by atoms with E-state index in [0.29, 0.717) is 28.2 Å². The average molecular weight is 398 g/mol. The van der Waals surface area contributed by atoms with Crippen LogP contribution in [0.3, 0.4) is 0 Å². The van der Waals surface area contributed by atoms with Gasteiger partial charge in [0.25, 0.3) is 0 Å². The van der Waals surface area contributed by atoms with Gasteiger partial charge in [-0.2, -0.15) is 5.10 Å². The van der Waals surface area contributed by atoms with Crippen LogP contribution in [0.2, 0.25) is 0 Å². The van der Waals surface area contributed by atoms with Crippen molar-refractivity contribution in [3.8, 4) is 28.3 Å². The maximum absolute atomic E-state index is 12.5. The molecule has 2 aromatic carbocycles. The number of hydrogen-bond acceptors (Lipinski definition) is 4. The Bertz CT molecular complexity index is 1200. The van der Waals surface area contributed by atoms with Crippen LogP contribution >= 0.6 is 0 Å². The number of alkyl halides is 3. The number of nitrogens with zero attached hydrogens (tertiary/aromatic N) is 3. The van der Waals surface area contributed by atoms with Crippen molar-refractivity contribution in [2.24, 2.45) is 5.73 Å². The maximum Gasteiger partial charge on any atom is 0.573 e. The summed E-state index contributed by atoms with van der Waals surface area (Å²) in [5, 5.41) is 4.54. The Morgan fingerprint density at radius 3 is 2.45 bits per heavy atom. The van der Waals surface area contributed by atoms with Gasteiger partial charge >= 0.3 is 6.36 Å². The summed E-state index contributed by atoms with van der Waals surface area (Å²) in [5.41, 5.74) is 8.46. The summed E-state index contributed by atoms with van der Waals surface area (Å²) >= 11 is 0. The van der Waals surface area contributed by atoms with E-state index in [1.807, 2.05) is 0 Å². The highest BCUT2D eigenvalue weighted by atomic mass is 19.4. The van der Waals surface area contributed by atoms with Crippen LogP contribution in [0.5, 0.6) is 5.75 Å². The molecule has 6 nitrogen and oxygen atoms in total. The van der Waals surface area contributed by atoms with Crippen LogP contribution in [-0.4, -0.2) is 26.9 Å². The standard InChI is InChI=1S/C20H13F3N4O2/c21-20(22,23)29-15-3-1-2-14(10-15)17-11-25-18-9-8-16(26-27(17)18)12-4-6-13(7-5-12)19(24)28/h1-11H,(H2,24,28). The van der Waals surface area contributed by atoms with Crippen LogP contribution in [0.1, 0.15) is 10.4 Å². The number of ether oxygens (including phenoxy) is 1. The molecule has 0 saturated heterocycles. The van der Waals surface area contributed by atoms with Gasteiger partial charge in [0.05, 0.1) is 17.6 Å². The van der Waals surface area contributed by atoms with Crippen LogP contribution in [-0.2, 0) is 0 Å². The minimum absolute atomic E-state index is 0.330. The summed E-state index contributed by atoms with van der Waals surface area (Å²) in [7, 11) is 0. The van der Waals surface area contributed by atoms with E-state index in [-0.39, 0.29) is 5.75 Å². The highest BCUT2D eigenvalue weighted by Gasteiger charge is 2.31. The molecule has 0 bridgehead atoms. The Kier molecular flexibility index (Phi) is 4.42. The van der Waals surface area contributed by atoms with Gasteiger partial charge in [-0.05, 0) is 36.4 Å². The molecule has 4 aromatic rings. The normalized spacial score (nSPS) is 11.6. The van der Waals surface area contributed by atoms with Gasteiger partial charge in [-0.15, -0.1) is 13.2 Å². The van der Waals surface area contributed by atoms with Gasteiger partial charge in [0.2, 0.25) is 5.91 Å². The molecule has 0 aliphatic carbocycles. The molecule has 2 N–H and O–H groups in total. The van der Waals surface area contributed by atoms with Crippen molar-refractivity contribution in [1.29, 1.82) is 0 Å². The number of rotatable bonds is 4. The topological polar surface area (TPSA) is 82.5 Å². The number of primary amides is 1. The van der Waals surface area contributed by atoms with Gasteiger partial charge in [-0.3, -0.25) is 4.79 Å². The Morgan fingerprint density at radius 2 is 1.76 bits per heavy atom. The molecule has 0 saturated carbocycles. The number of carbonyl (C=O) groups is 1. The number of hydrogen-bond donors (Lipinski definition) is 1. The molecular weight excluding hydrogens is 385 g/mol. The van der Waals surface area contributed by atoms with Crippen LogP contribution in [0.15, 0.2) is 66.9 Å². The van der Waals surface area contributed by atoms with E-state index >= 15 is 0 Å². The molecule has 1 amide bonds. The highest BCUT2D eigenvalue weighted by Crippen LogP contribution is 2.29. The van der Waals surface area contributed by atoms with Crippen molar-refractivity contribution in [3.63, 3.8) is 0 Å². The van der Waals surface area contributed by atoms with Crippen LogP contribution in [0, 0.1) is 0 Å². The molecule has 29 heavy (non-hydrogen) atoms. The molecule has 0 radical (unpaired) electrons. The molecule has 0 aliphatic rings. The van der Waals surface area contributed by atoms with Crippen molar-refractivity contribution in [1.82, 2.24) is 14.6 Å². The quantitative estimate of drug-likeness (QED) is 0.562. The predicted octanol–water partition coefficient (Wildman–Crippen LogP) is 4.06. The van der Waals surface area contributed by atoms with Crippen molar-refractivity contribution in [3.05, 3.63) is 72.4 Å². The lowest BCUT2D eigenvalue weighted by atomic mass is 10.1. The number of amides is 1. The summed E-state index contributed by atoms with van der Waals surface area (Å²) in [4.78, 5) is 15.5. The summed E-state index contributed by atoms with van der Waals surface area (Å²) in [6.45, 7) is 0. The summed E-state index contributed by atoms with van der Waals surface area (Å²) in [6, 6.07) is 15.7. The van der Waals surface area contributed by atoms with Crippen molar-refractivity contribution in [2.75, 3.05) is 0 Å². The third-order valence-electron chi connectivity index (χ3n) is 4.19. The second-order valence-corrected chi connectivity index (χ2v) is 6.15. The number of carbonyl (C=O) groups excluding carboxylic acids is 1. The second-order valence-electron chi connectivity index (χ2n) is 6.15. The number of imidazole rings is 1. The van der Waals surface area contributed by atoms with E-state index < -0.39 is 12.3 Å². The molecular formula is C20H13F3N4O2. The minimum atomic E-state index is -4.78. The van der Waals surface area contributed by atoms with E-state index in [0.717, 1.165) is 5.56 Å². The Hall–Kier alpha value is -3.88. The van der Waals surface area contributed by atoms with Crippen LogP contribution < -0.4 is 10.5 Å². The largest absolute Gasteiger partial charge is 0.573 e. The van der Waals surface area contributed by atoms with E-state index in [9.17, 15) is 18.0 Å². The third-order valence-corrected chi connectivity index (χ3v) is 4.19. The lowest BCUT2D eigenvalue weighted by Gasteiger charge is -2.10. The van der Waals surface area contributed by atoms with Gasteiger partial charge < -0.3 is 10.5 Å². The van der Waals surface area contributed by atoms with Crippen LogP contribution in [0.25, 0.3) is 28.2 Å². The van der Waals surface area contributed by atoms with Crippen LogP contribution in [0.4, 0.5) is 13.2 Å². The molecule has 0 aliphatic heterocycles. The zero-order chi connectivity index (χ0) is 20.6.